The standard InChI is InChI=1S/C7H14O2.H2O/c1-3-5-6-7(8)9-4-2;/h3-6H2,1-2H3;1H2. The summed E-state index contributed by atoms with van der Waals surface area (Å²) in [6.07, 6.45) is 2.57. The monoisotopic (exact) mass is 148 g/mol. The molecular formula is C7H16O3. The Hall–Kier alpha value is -0.570. The van der Waals surface area contributed by atoms with Gasteiger partial charge in [-0.3, -0.25) is 4.79 Å². The van der Waals surface area contributed by atoms with Crippen LogP contribution in [0.1, 0.15) is 33.1 Å². The van der Waals surface area contributed by atoms with E-state index in [9.17, 15) is 4.79 Å². The van der Waals surface area contributed by atoms with Gasteiger partial charge in [0.25, 0.3) is 0 Å². The number of ether oxygens (including phenoxy) is 1. The van der Waals surface area contributed by atoms with Crippen molar-refractivity contribution < 1.29 is 15.0 Å². The number of hydrogen-bond donors (Lipinski definition) is 0. The van der Waals surface area contributed by atoms with Crippen LogP contribution >= 0.6 is 0 Å². The number of unbranched alkanes of at least 4 members (excludes halogenated alkanes) is 1. The number of carbonyl (C=O) groups is 1. The highest BCUT2D eigenvalue weighted by Gasteiger charge is 1.97. The molecule has 0 saturated heterocycles. The molecule has 0 unspecified atom stereocenters. The molecule has 0 bridgehead atoms. The molecule has 0 aliphatic heterocycles. The van der Waals surface area contributed by atoms with Gasteiger partial charge in [-0.2, -0.15) is 0 Å². The van der Waals surface area contributed by atoms with Crippen LogP contribution < -0.4 is 0 Å². The largest absolute Gasteiger partial charge is 0.466 e. The van der Waals surface area contributed by atoms with Crippen LogP contribution in [0.15, 0.2) is 0 Å². The predicted molar refractivity (Wildman–Crippen MR) is 39.8 cm³/mol. The van der Waals surface area contributed by atoms with Crippen molar-refractivity contribution in [3.63, 3.8) is 0 Å². The number of hydrogen-bond acceptors (Lipinski definition) is 2. The van der Waals surface area contributed by atoms with E-state index in [1.807, 2.05) is 6.92 Å². The number of rotatable bonds is 4. The summed E-state index contributed by atoms with van der Waals surface area (Å²) in [6.45, 7) is 4.38. The van der Waals surface area contributed by atoms with Gasteiger partial charge in [0.1, 0.15) is 0 Å². The van der Waals surface area contributed by atoms with Gasteiger partial charge in [-0.15, -0.1) is 0 Å². The first-order valence-electron chi connectivity index (χ1n) is 3.46. The van der Waals surface area contributed by atoms with Gasteiger partial charge < -0.3 is 10.2 Å². The van der Waals surface area contributed by atoms with Crippen LogP contribution in [0, 0.1) is 0 Å². The lowest BCUT2D eigenvalue weighted by atomic mass is 10.3. The minimum Gasteiger partial charge on any atom is -0.466 e. The molecular weight excluding hydrogens is 132 g/mol. The second kappa shape index (κ2) is 8.43. The highest BCUT2D eigenvalue weighted by atomic mass is 16.5. The molecule has 0 aliphatic rings. The van der Waals surface area contributed by atoms with E-state index in [-0.39, 0.29) is 11.4 Å². The van der Waals surface area contributed by atoms with Gasteiger partial charge in [0.15, 0.2) is 0 Å². The minimum absolute atomic E-state index is 0. The summed E-state index contributed by atoms with van der Waals surface area (Å²) in [4.78, 5) is 10.6. The first kappa shape index (κ1) is 12.1. The summed E-state index contributed by atoms with van der Waals surface area (Å²) < 4.78 is 4.70. The normalized spacial score (nSPS) is 8.20. The first-order chi connectivity index (χ1) is 4.31. The molecule has 0 amide bonds. The van der Waals surface area contributed by atoms with E-state index >= 15 is 0 Å². The Morgan fingerprint density at radius 1 is 1.40 bits per heavy atom. The molecule has 0 aromatic rings. The van der Waals surface area contributed by atoms with Gasteiger partial charge in [0.2, 0.25) is 0 Å². The first-order valence-corrected chi connectivity index (χ1v) is 3.46. The molecule has 0 aliphatic carbocycles. The van der Waals surface area contributed by atoms with Crippen molar-refractivity contribution in [3.05, 3.63) is 0 Å². The van der Waals surface area contributed by atoms with E-state index < -0.39 is 0 Å². The minimum atomic E-state index is -0.0700. The topological polar surface area (TPSA) is 57.8 Å². The third-order valence-electron chi connectivity index (χ3n) is 1.04. The van der Waals surface area contributed by atoms with Crippen LogP contribution in [0.2, 0.25) is 0 Å². The third-order valence-corrected chi connectivity index (χ3v) is 1.04. The van der Waals surface area contributed by atoms with Crippen molar-refractivity contribution in [2.75, 3.05) is 6.61 Å². The van der Waals surface area contributed by atoms with E-state index in [2.05, 4.69) is 6.92 Å². The molecule has 62 valence electrons. The molecule has 10 heavy (non-hydrogen) atoms. The van der Waals surface area contributed by atoms with Crippen molar-refractivity contribution in [2.45, 2.75) is 33.1 Å². The SMILES string of the molecule is CCCCC(=O)OCC.O. The van der Waals surface area contributed by atoms with Crippen LogP contribution in [0.4, 0.5) is 0 Å². The summed E-state index contributed by atoms with van der Waals surface area (Å²) in [7, 11) is 0. The predicted octanol–water partition coefficient (Wildman–Crippen LogP) is 0.915. The summed E-state index contributed by atoms with van der Waals surface area (Å²) in [5.74, 6) is -0.0700. The van der Waals surface area contributed by atoms with Crippen molar-refractivity contribution in [3.8, 4) is 0 Å². The lowest BCUT2D eigenvalue weighted by molar-refractivity contribution is -0.143. The smallest absolute Gasteiger partial charge is 0.305 e. The lowest BCUT2D eigenvalue weighted by Crippen LogP contribution is -2.02. The average Bonchev–Trinajstić information content (AvgIpc) is 1.85. The van der Waals surface area contributed by atoms with Crippen LogP contribution in [-0.2, 0) is 9.53 Å². The molecule has 0 heterocycles. The van der Waals surface area contributed by atoms with E-state index in [4.69, 9.17) is 4.74 Å². The summed E-state index contributed by atoms with van der Waals surface area (Å²) in [6, 6.07) is 0. The van der Waals surface area contributed by atoms with E-state index in [1.165, 1.54) is 0 Å². The number of carbonyl (C=O) groups excluding carboxylic acids is 1. The Bertz CT molecular complexity index is 80.9. The maximum atomic E-state index is 10.6. The van der Waals surface area contributed by atoms with Crippen LogP contribution in [-0.4, -0.2) is 18.1 Å². The zero-order valence-corrected chi connectivity index (χ0v) is 6.64. The highest BCUT2D eigenvalue weighted by molar-refractivity contribution is 5.69. The highest BCUT2D eigenvalue weighted by Crippen LogP contribution is 1.95. The van der Waals surface area contributed by atoms with Gasteiger partial charge in [-0.1, -0.05) is 13.3 Å². The van der Waals surface area contributed by atoms with E-state index in [1.54, 1.807) is 0 Å². The maximum Gasteiger partial charge on any atom is 0.305 e. The number of esters is 1. The molecule has 0 aromatic carbocycles. The molecule has 0 atom stereocenters. The quantitative estimate of drug-likeness (QED) is 0.556. The second-order valence-corrected chi connectivity index (χ2v) is 1.91. The van der Waals surface area contributed by atoms with Gasteiger partial charge in [0, 0.05) is 6.42 Å². The molecule has 0 spiro atoms. The Morgan fingerprint density at radius 2 is 2.00 bits per heavy atom. The molecule has 0 radical (unpaired) electrons. The summed E-state index contributed by atoms with van der Waals surface area (Å²) >= 11 is 0. The zero-order valence-electron chi connectivity index (χ0n) is 6.64. The van der Waals surface area contributed by atoms with Crippen molar-refractivity contribution in [1.82, 2.24) is 0 Å². The van der Waals surface area contributed by atoms with Gasteiger partial charge in [-0.25, -0.2) is 0 Å². The van der Waals surface area contributed by atoms with Crippen molar-refractivity contribution in [2.24, 2.45) is 0 Å². The maximum absolute atomic E-state index is 10.6. The fourth-order valence-electron chi connectivity index (χ4n) is 0.554. The summed E-state index contributed by atoms with van der Waals surface area (Å²) in [5.41, 5.74) is 0. The van der Waals surface area contributed by atoms with Crippen LogP contribution in [0.5, 0.6) is 0 Å². The second-order valence-electron chi connectivity index (χ2n) is 1.91. The molecule has 0 saturated carbocycles. The van der Waals surface area contributed by atoms with E-state index in [0.29, 0.717) is 13.0 Å². The van der Waals surface area contributed by atoms with Gasteiger partial charge in [0.05, 0.1) is 6.61 Å². The molecule has 3 heteroatoms. The van der Waals surface area contributed by atoms with Crippen LogP contribution in [0.25, 0.3) is 0 Å². The van der Waals surface area contributed by atoms with Crippen LogP contribution in [0.3, 0.4) is 0 Å². The van der Waals surface area contributed by atoms with Gasteiger partial charge >= 0.3 is 5.97 Å². The third kappa shape index (κ3) is 7.43. The lowest BCUT2D eigenvalue weighted by Gasteiger charge is -1.97. The Morgan fingerprint density at radius 3 is 2.40 bits per heavy atom. The Balaban J connectivity index is 0. The summed E-state index contributed by atoms with van der Waals surface area (Å²) in [5, 5.41) is 0. The van der Waals surface area contributed by atoms with Gasteiger partial charge in [-0.05, 0) is 13.3 Å². The molecule has 0 aromatic heterocycles. The van der Waals surface area contributed by atoms with Crippen molar-refractivity contribution in [1.29, 1.82) is 0 Å². The van der Waals surface area contributed by atoms with Crippen molar-refractivity contribution >= 4 is 5.97 Å². The zero-order chi connectivity index (χ0) is 7.11. The fraction of sp³-hybridized carbons (Fsp3) is 0.857. The average molecular weight is 148 g/mol. The van der Waals surface area contributed by atoms with E-state index in [0.717, 1.165) is 12.8 Å². The molecule has 0 fully saturated rings. The Kier molecular flexibility index (Phi) is 10.2. The molecule has 3 nitrogen and oxygen atoms in total. The fourth-order valence-corrected chi connectivity index (χ4v) is 0.554. The molecule has 2 N–H and O–H groups in total. The molecule has 0 rings (SSSR count). The Labute approximate surface area is 61.7 Å².